The minimum atomic E-state index is -2.87. The van der Waals surface area contributed by atoms with Crippen LogP contribution in [0.4, 0.5) is 14.5 Å². The second-order valence-electron chi connectivity index (χ2n) is 4.80. The van der Waals surface area contributed by atoms with E-state index in [0.717, 1.165) is 11.1 Å². The van der Waals surface area contributed by atoms with Gasteiger partial charge in [-0.3, -0.25) is 4.79 Å². The maximum Gasteiger partial charge on any atom is 0.387 e. The molecule has 0 aliphatic heterocycles. The Balaban J connectivity index is 2.00. The first-order valence-electron chi connectivity index (χ1n) is 6.57. The Bertz CT molecular complexity index is 875. The summed E-state index contributed by atoms with van der Waals surface area (Å²) in [7, 11) is 0. The largest absolute Gasteiger partial charge is 0.435 e. The summed E-state index contributed by atoms with van der Waals surface area (Å²) in [6, 6.07) is 7.89. The highest BCUT2D eigenvalue weighted by atomic mass is 19.3. The quantitative estimate of drug-likeness (QED) is 0.771. The Hall–Kier alpha value is -3.16. The molecule has 8 heteroatoms. The van der Waals surface area contributed by atoms with Gasteiger partial charge in [-0.05, 0) is 23.8 Å². The molecule has 118 valence electrons. The topological polar surface area (TPSA) is 95.6 Å². The SMILES string of the molecule is NC(=O)c1cnn2cc(-c3ccc(OC(F)F)cc3)cc2c1N. The Morgan fingerprint density at radius 3 is 2.52 bits per heavy atom. The maximum atomic E-state index is 12.1. The number of carbonyl (C=O) groups is 1. The number of nitrogens with zero attached hydrogens (tertiary/aromatic N) is 2. The number of amides is 1. The highest BCUT2D eigenvalue weighted by Gasteiger charge is 2.13. The Morgan fingerprint density at radius 1 is 1.22 bits per heavy atom. The standard InChI is InChI=1S/C15H12F2N4O2/c16-15(17)23-10-3-1-8(2-4-10)9-5-12-13(18)11(14(19)22)6-20-21(12)7-9/h1-7,15H,18H2,(H2,19,22). The van der Waals surface area contributed by atoms with E-state index in [1.807, 2.05) is 0 Å². The first-order chi connectivity index (χ1) is 11.0. The fourth-order valence-electron chi connectivity index (χ4n) is 2.26. The molecule has 0 bridgehead atoms. The lowest BCUT2D eigenvalue weighted by Gasteiger charge is -2.04. The number of halogens is 2. The third-order valence-electron chi connectivity index (χ3n) is 3.36. The van der Waals surface area contributed by atoms with Crippen molar-refractivity contribution in [1.29, 1.82) is 0 Å². The molecular weight excluding hydrogens is 306 g/mol. The van der Waals surface area contributed by atoms with Crippen LogP contribution in [0.15, 0.2) is 42.7 Å². The molecule has 0 saturated carbocycles. The van der Waals surface area contributed by atoms with E-state index in [1.165, 1.54) is 22.8 Å². The van der Waals surface area contributed by atoms with Crippen LogP contribution in [0.3, 0.4) is 0 Å². The van der Waals surface area contributed by atoms with Crippen LogP contribution in [0.1, 0.15) is 10.4 Å². The first kappa shape index (κ1) is 14.8. The number of alkyl halides is 2. The fraction of sp³-hybridized carbons (Fsp3) is 0.0667. The van der Waals surface area contributed by atoms with Crippen LogP contribution in [-0.4, -0.2) is 22.1 Å². The molecule has 0 aliphatic rings. The lowest BCUT2D eigenvalue weighted by atomic mass is 10.1. The molecule has 0 fully saturated rings. The van der Waals surface area contributed by atoms with Crippen molar-refractivity contribution in [3.05, 3.63) is 48.3 Å². The molecule has 0 radical (unpaired) electrons. The summed E-state index contributed by atoms with van der Waals surface area (Å²) < 4.78 is 30.1. The van der Waals surface area contributed by atoms with Gasteiger partial charge in [-0.1, -0.05) is 12.1 Å². The molecule has 23 heavy (non-hydrogen) atoms. The van der Waals surface area contributed by atoms with Crippen LogP contribution in [0.5, 0.6) is 5.75 Å². The van der Waals surface area contributed by atoms with Crippen molar-refractivity contribution in [1.82, 2.24) is 9.61 Å². The predicted octanol–water partition coefficient (Wildman–Crippen LogP) is 2.28. The van der Waals surface area contributed by atoms with Crippen LogP contribution in [0, 0.1) is 0 Å². The number of nitrogens with two attached hydrogens (primary N) is 2. The van der Waals surface area contributed by atoms with E-state index >= 15 is 0 Å². The Kier molecular flexibility index (Phi) is 3.57. The average Bonchev–Trinajstić information content (AvgIpc) is 2.92. The van der Waals surface area contributed by atoms with Gasteiger partial charge in [0, 0.05) is 11.8 Å². The number of hydrogen-bond donors (Lipinski definition) is 2. The molecule has 3 rings (SSSR count). The van der Waals surface area contributed by atoms with E-state index in [2.05, 4.69) is 9.84 Å². The van der Waals surface area contributed by atoms with E-state index in [4.69, 9.17) is 11.5 Å². The molecule has 0 atom stereocenters. The highest BCUT2D eigenvalue weighted by Crippen LogP contribution is 2.28. The van der Waals surface area contributed by atoms with Gasteiger partial charge in [-0.25, -0.2) is 4.52 Å². The van der Waals surface area contributed by atoms with Gasteiger partial charge in [0.05, 0.1) is 23.0 Å². The molecular formula is C15H12F2N4O2. The van der Waals surface area contributed by atoms with Crippen LogP contribution >= 0.6 is 0 Å². The third-order valence-corrected chi connectivity index (χ3v) is 3.36. The summed E-state index contributed by atoms with van der Waals surface area (Å²) >= 11 is 0. The summed E-state index contributed by atoms with van der Waals surface area (Å²) in [6.07, 6.45) is 3.01. The smallest absolute Gasteiger partial charge is 0.387 e. The molecule has 6 nitrogen and oxygen atoms in total. The molecule has 0 saturated heterocycles. The normalized spacial score (nSPS) is 11.1. The number of rotatable bonds is 4. The van der Waals surface area contributed by atoms with Gasteiger partial charge >= 0.3 is 6.61 Å². The van der Waals surface area contributed by atoms with Gasteiger partial charge in [-0.15, -0.1) is 0 Å². The van der Waals surface area contributed by atoms with Crippen molar-refractivity contribution in [3.63, 3.8) is 0 Å². The average molecular weight is 318 g/mol. The number of hydrogen-bond acceptors (Lipinski definition) is 4. The van der Waals surface area contributed by atoms with Crippen molar-refractivity contribution in [2.75, 3.05) is 5.73 Å². The Labute approximate surface area is 129 Å². The summed E-state index contributed by atoms with van der Waals surface area (Å²) in [5.74, 6) is -0.588. The minimum Gasteiger partial charge on any atom is -0.435 e. The van der Waals surface area contributed by atoms with E-state index in [1.54, 1.807) is 24.4 Å². The second-order valence-corrected chi connectivity index (χ2v) is 4.80. The maximum absolute atomic E-state index is 12.1. The van der Waals surface area contributed by atoms with Crippen LogP contribution in [-0.2, 0) is 0 Å². The molecule has 0 aliphatic carbocycles. The van der Waals surface area contributed by atoms with Crippen molar-refractivity contribution in [2.45, 2.75) is 6.61 Å². The van der Waals surface area contributed by atoms with Gasteiger partial charge < -0.3 is 16.2 Å². The molecule has 2 aromatic heterocycles. The molecule has 0 unspecified atom stereocenters. The Morgan fingerprint density at radius 2 is 1.91 bits per heavy atom. The summed E-state index contributed by atoms with van der Waals surface area (Å²) in [4.78, 5) is 11.3. The lowest BCUT2D eigenvalue weighted by Crippen LogP contribution is -2.15. The number of aromatic nitrogens is 2. The van der Waals surface area contributed by atoms with E-state index in [-0.39, 0.29) is 17.0 Å². The minimum absolute atomic E-state index is 0.0705. The summed E-state index contributed by atoms with van der Waals surface area (Å²) in [5, 5.41) is 4.08. The van der Waals surface area contributed by atoms with E-state index in [0.29, 0.717) is 5.52 Å². The van der Waals surface area contributed by atoms with Crippen LogP contribution in [0.2, 0.25) is 0 Å². The van der Waals surface area contributed by atoms with Crippen LogP contribution < -0.4 is 16.2 Å². The number of primary amides is 1. The number of ether oxygens (including phenoxy) is 1. The predicted molar refractivity (Wildman–Crippen MR) is 80.2 cm³/mol. The first-order valence-corrected chi connectivity index (χ1v) is 6.57. The number of fused-ring (bicyclic) bond motifs is 1. The molecule has 2 heterocycles. The van der Waals surface area contributed by atoms with Crippen LogP contribution in [0.25, 0.3) is 16.6 Å². The molecule has 1 aromatic carbocycles. The zero-order valence-electron chi connectivity index (χ0n) is 11.7. The fourth-order valence-corrected chi connectivity index (χ4v) is 2.26. The molecule has 0 spiro atoms. The summed E-state index contributed by atoms with van der Waals surface area (Å²) in [6.45, 7) is -2.87. The molecule has 4 N–H and O–H groups in total. The van der Waals surface area contributed by atoms with E-state index < -0.39 is 12.5 Å². The lowest BCUT2D eigenvalue weighted by molar-refractivity contribution is -0.0498. The highest BCUT2D eigenvalue weighted by molar-refractivity contribution is 6.01. The second kappa shape index (κ2) is 5.56. The molecule has 1 amide bonds. The van der Waals surface area contributed by atoms with Gasteiger partial charge in [0.15, 0.2) is 0 Å². The third kappa shape index (κ3) is 2.78. The monoisotopic (exact) mass is 318 g/mol. The zero-order chi connectivity index (χ0) is 16.6. The van der Waals surface area contributed by atoms with Crippen molar-refractivity contribution in [2.24, 2.45) is 5.73 Å². The van der Waals surface area contributed by atoms with Gasteiger partial charge in [0.2, 0.25) is 0 Å². The van der Waals surface area contributed by atoms with E-state index in [9.17, 15) is 13.6 Å². The van der Waals surface area contributed by atoms with Gasteiger partial charge in [0.1, 0.15) is 5.75 Å². The van der Waals surface area contributed by atoms with Gasteiger partial charge in [-0.2, -0.15) is 13.9 Å². The summed E-state index contributed by atoms with van der Waals surface area (Å²) in [5.41, 5.74) is 13.6. The van der Waals surface area contributed by atoms with Crippen molar-refractivity contribution >= 4 is 17.1 Å². The zero-order valence-corrected chi connectivity index (χ0v) is 11.7. The van der Waals surface area contributed by atoms with Gasteiger partial charge in [0.25, 0.3) is 5.91 Å². The number of nitrogen functional groups attached to an aromatic ring is 1. The van der Waals surface area contributed by atoms with Crippen molar-refractivity contribution in [3.8, 4) is 16.9 Å². The molecule has 3 aromatic rings. The van der Waals surface area contributed by atoms with Crippen molar-refractivity contribution < 1.29 is 18.3 Å². The number of anilines is 1. The number of benzene rings is 1. The number of carbonyl (C=O) groups excluding carboxylic acids is 1.